The van der Waals surface area contributed by atoms with Crippen LogP contribution in [0.5, 0.6) is 11.5 Å². The van der Waals surface area contributed by atoms with Gasteiger partial charge in [-0.15, -0.1) is 0 Å². The van der Waals surface area contributed by atoms with E-state index in [0.29, 0.717) is 55.8 Å². The minimum Gasteiger partial charge on any atom is -0.504 e. The SMILES string of the molecule is CCCCC[C@H](O)C[C@@H](CCc1cc(CN2C[C@@H](Cc3ccnc(N)c3)CC2=O)c(O)c(OC2CCCC2)c1)OC(C)=O. The number of phenolic OH excluding ortho intramolecular Hbond substituents is 1. The number of pyridine rings is 1. The molecule has 3 atom stereocenters. The molecule has 0 bridgehead atoms. The van der Waals surface area contributed by atoms with Crippen LogP contribution in [0.1, 0.15) is 101 Å². The Morgan fingerprint density at radius 3 is 2.67 bits per heavy atom. The van der Waals surface area contributed by atoms with Gasteiger partial charge in [-0.1, -0.05) is 32.3 Å². The quantitative estimate of drug-likeness (QED) is 0.172. The van der Waals surface area contributed by atoms with E-state index in [1.807, 2.05) is 29.2 Å². The molecule has 2 fully saturated rings. The van der Waals surface area contributed by atoms with Gasteiger partial charge in [0.15, 0.2) is 11.5 Å². The van der Waals surface area contributed by atoms with Crippen molar-refractivity contribution in [3.05, 3.63) is 47.2 Å². The molecule has 236 valence electrons. The van der Waals surface area contributed by atoms with Crippen LogP contribution in [0.3, 0.4) is 0 Å². The van der Waals surface area contributed by atoms with Crippen LogP contribution >= 0.6 is 0 Å². The maximum atomic E-state index is 13.0. The fourth-order valence-electron chi connectivity index (χ4n) is 6.41. The second-order valence-corrected chi connectivity index (χ2v) is 12.4. The van der Waals surface area contributed by atoms with Crippen molar-refractivity contribution < 1.29 is 29.3 Å². The number of ether oxygens (including phenoxy) is 2. The number of hydrogen-bond acceptors (Lipinski definition) is 8. The van der Waals surface area contributed by atoms with Gasteiger partial charge in [0.2, 0.25) is 5.91 Å². The van der Waals surface area contributed by atoms with E-state index in [-0.39, 0.29) is 36.2 Å². The van der Waals surface area contributed by atoms with Crippen LogP contribution in [0.15, 0.2) is 30.5 Å². The first-order valence-corrected chi connectivity index (χ1v) is 16.0. The fraction of sp³-hybridized carbons (Fsp3) is 0.618. The Morgan fingerprint density at radius 2 is 1.95 bits per heavy atom. The number of unbranched alkanes of at least 4 members (excludes halogenated alkanes) is 2. The van der Waals surface area contributed by atoms with Crippen LogP contribution in [-0.2, 0) is 33.7 Å². The van der Waals surface area contributed by atoms with Gasteiger partial charge in [0.25, 0.3) is 0 Å². The summed E-state index contributed by atoms with van der Waals surface area (Å²) < 4.78 is 11.9. The molecule has 1 aromatic carbocycles. The highest BCUT2D eigenvalue weighted by Crippen LogP contribution is 2.37. The maximum absolute atomic E-state index is 13.0. The van der Waals surface area contributed by atoms with E-state index in [4.69, 9.17) is 15.2 Å². The van der Waals surface area contributed by atoms with Gasteiger partial charge in [-0.2, -0.15) is 0 Å². The predicted molar refractivity (Wildman–Crippen MR) is 166 cm³/mol. The molecule has 0 spiro atoms. The lowest BCUT2D eigenvalue weighted by Crippen LogP contribution is -2.25. The number of aryl methyl sites for hydroxylation is 1. The van der Waals surface area contributed by atoms with Crippen molar-refractivity contribution in [2.75, 3.05) is 12.3 Å². The number of rotatable bonds is 16. The van der Waals surface area contributed by atoms with Crippen LogP contribution in [0.4, 0.5) is 5.82 Å². The zero-order valence-electron chi connectivity index (χ0n) is 25.8. The Balaban J connectivity index is 1.47. The van der Waals surface area contributed by atoms with Crippen LogP contribution in [0.25, 0.3) is 0 Å². The zero-order chi connectivity index (χ0) is 30.8. The predicted octanol–water partition coefficient (Wildman–Crippen LogP) is 5.48. The van der Waals surface area contributed by atoms with Crippen molar-refractivity contribution in [2.24, 2.45) is 5.92 Å². The van der Waals surface area contributed by atoms with E-state index < -0.39 is 12.2 Å². The van der Waals surface area contributed by atoms with Gasteiger partial charge in [-0.25, -0.2) is 4.98 Å². The monoisotopic (exact) mass is 595 g/mol. The Hall–Kier alpha value is -3.33. The molecule has 0 radical (unpaired) electrons. The summed E-state index contributed by atoms with van der Waals surface area (Å²) in [5.74, 6) is 0.843. The fourth-order valence-corrected chi connectivity index (χ4v) is 6.41. The van der Waals surface area contributed by atoms with E-state index in [2.05, 4.69) is 11.9 Å². The number of carbonyl (C=O) groups is 2. The summed E-state index contributed by atoms with van der Waals surface area (Å²) in [6, 6.07) is 7.59. The first-order chi connectivity index (χ1) is 20.7. The lowest BCUT2D eigenvalue weighted by Gasteiger charge is -2.23. The Bertz CT molecular complexity index is 1210. The summed E-state index contributed by atoms with van der Waals surface area (Å²) in [6.07, 6.45) is 11.4. The summed E-state index contributed by atoms with van der Waals surface area (Å²) >= 11 is 0. The number of anilines is 1. The average Bonchev–Trinajstić information content (AvgIpc) is 3.58. The highest BCUT2D eigenvalue weighted by Gasteiger charge is 2.31. The number of aliphatic hydroxyl groups is 1. The van der Waals surface area contributed by atoms with Gasteiger partial charge in [0.1, 0.15) is 11.9 Å². The van der Waals surface area contributed by atoms with Gasteiger partial charge in [0, 0.05) is 44.6 Å². The summed E-state index contributed by atoms with van der Waals surface area (Å²) in [5.41, 5.74) is 8.49. The number of benzene rings is 1. The second kappa shape index (κ2) is 15.9. The number of nitrogens with zero attached hydrogens (tertiary/aromatic N) is 2. The van der Waals surface area contributed by atoms with E-state index in [1.165, 1.54) is 6.92 Å². The number of amides is 1. The van der Waals surface area contributed by atoms with Crippen molar-refractivity contribution >= 4 is 17.7 Å². The molecule has 2 aromatic rings. The van der Waals surface area contributed by atoms with Crippen molar-refractivity contribution in [3.8, 4) is 11.5 Å². The van der Waals surface area contributed by atoms with E-state index in [9.17, 15) is 19.8 Å². The third-order valence-corrected chi connectivity index (χ3v) is 8.60. The third-order valence-electron chi connectivity index (χ3n) is 8.60. The number of nitrogens with two attached hydrogens (primary N) is 1. The van der Waals surface area contributed by atoms with Crippen molar-refractivity contribution in [3.63, 3.8) is 0 Å². The smallest absolute Gasteiger partial charge is 0.302 e. The van der Waals surface area contributed by atoms with Gasteiger partial charge in [-0.05, 0) is 86.6 Å². The van der Waals surface area contributed by atoms with Gasteiger partial charge < -0.3 is 30.3 Å². The number of likely N-dealkylation sites (tertiary alicyclic amines) is 1. The molecule has 43 heavy (non-hydrogen) atoms. The first-order valence-electron chi connectivity index (χ1n) is 16.0. The largest absolute Gasteiger partial charge is 0.504 e. The first kappa shape index (κ1) is 32.6. The minimum absolute atomic E-state index is 0.0575. The molecule has 1 saturated carbocycles. The molecule has 2 heterocycles. The summed E-state index contributed by atoms with van der Waals surface area (Å²) in [6.45, 7) is 4.40. The number of carbonyl (C=O) groups excluding carboxylic acids is 2. The lowest BCUT2D eigenvalue weighted by atomic mass is 9.98. The van der Waals surface area contributed by atoms with Crippen molar-refractivity contribution in [1.82, 2.24) is 9.88 Å². The highest BCUT2D eigenvalue weighted by atomic mass is 16.5. The van der Waals surface area contributed by atoms with E-state index >= 15 is 0 Å². The lowest BCUT2D eigenvalue weighted by molar-refractivity contribution is -0.148. The molecule has 2 aliphatic rings. The molecule has 1 aromatic heterocycles. The highest BCUT2D eigenvalue weighted by molar-refractivity contribution is 5.78. The molecule has 1 saturated heterocycles. The summed E-state index contributed by atoms with van der Waals surface area (Å²) in [4.78, 5) is 30.7. The summed E-state index contributed by atoms with van der Waals surface area (Å²) in [7, 11) is 0. The Morgan fingerprint density at radius 1 is 1.16 bits per heavy atom. The van der Waals surface area contributed by atoms with Crippen LogP contribution in [0, 0.1) is 5.92 Å². The van der Waals surface area contributed by atoms with Gasteiger partial charge >= 0.3 is 5.97 Å². The van der Waals surface area contributed by atoms with Crippen molar-refractivity contribution in [1.29, 1.82) is 0 Å². The van der Waals surface area contributed by atoms with Crippen molar-refractivity contribution in [2.45, 2.75) is 122 Å². The van der Waals surface area contributed by atoms with Crippen LogP contribution in [0.2, 0.25) is 0 Å². The molecule has 1 aliphatic carbocycles. The molecule has 9 nitrogen and oxygen atoms in total. The minimum atomic E-state index is -0.523. The molecule has 9 heteroatoms. The molecule has 4 N–H and O–H groups in total. The number of esters is 1. The van der Waals surface area contributed by atoms with E-state index in [0.717, 1.165) is 62.5 Å². The molecular formula is C34H49N3O6. The molecular weight excluding hydrogens is 546 g/mol. The molecule has 1 amide bonds. The standard InChI is InChI=1S/C34H49N3O6/c1-3-4-5-8-28(39)20-30(42-23(2)38)12-11-24-16-27(34(41)31(17-24)43-29-9-6-7-10-29)22-37-21-26(19-33(37)40)15-25-13-14-36-32(35)18-25/h13-14,16-18,26,28-30,39,41H,3-12,15,19-22H2,1-2H3,(H2,35,36)/t26-,28-,30+/m0/s1. The van der Waals surface area contributed by atoms with Gasteiger partial charge in [0.05, 0.1) is 12.2 Å². The van der Waals surface area contributed by atoms with E-state index in [1.54, 1.807) is 6.20 Å². The Kier molecular flexibility index (Phi) is 12.1. The normalized spacial score (nSPS) is 18.6. The molecule has 1 aliphatic heterocycles. The molecule has 0 unspecified atom stereocenters. The number of nitrogen functional groups attached to an aromatic ring is 1. The van der Waals surface area contributed by atoms with Gasteiger partial charge in [-0.3, -0.25) is 9.59 Å². The number of phenols is 1. The number of aliphatic hydroxyl groups excluding tert-OH is 1. The van der Waals surface area contributed by atoms with Crippen LogP contribution < -0.4 is 10.5 Å². The zero-order valence-corrected chi connectivity index (χ0v) is 25.8. The van der Waals surface area contributed by atoms with Crippen LogP contribution in [-0.4, -0.2) is 56.8 Å². The third kappa shape index (κ3) is 10.1. The maximum Gasteiger partial charge on any atom is 0.302 e. The number of aromatic hydroxyl groups is 1. The average molecular weight is 596 g/mol. The Labute approximate surface area is 255 Å². The molecule has 4 rings (SSSR count). The number of aromatic nitrogens is 1. The topological polar surface area (TPSA) is 135 Å². The summed E-state index contributed by atoms with van der Waals surface area (Å²) in [5, 5.41) is 21.8. The number of hydrogen-bond donors (Lipinski definition) is 3. The second-order valence-electron chi connectivity index (χ2n) is 12.4.